The van der Waals surface area contributed by atoms with Crippen molar-refractivity contribution in [2.45, 2.75) is 0 Å². The van der Waals surface area contributed by atoms with Crippen LogP contribution in [0.5, 0.6) is 0 Å². The van der Waals surface area contributed by atoms with Gasteiger partial charge in [0.1, 0.15) is 11.2 Å². The van der Waals surface area contributed by atoms with Gasteiger partial charge in [-0.3, -0.25) is 0 Å². The molecule has 0 radical (unpaired) electrons. The Labute approximate surface area is 454 Å². The highest BCUT2D eigenvalue weighted by molar-refractivity contribution is 6.09. The molecular weight excluding hydrogens is 947 g/mol. The molecule has 78 heavy (non-hydrogen) atoms. The third-order valence-electron chi connectivity index (χ3n) is 15.0. The first-order valence-corrected chi connectivity index (χ1v) is 26.6. The van der Waals surface area contributed by atoms with Gasteiger partial charge in [0.15, 0.2) is 0 Å². The Balaban J connectivity index is 0.960. The van der Waals surface area contributed by atoms with Crippen LogP contribution < -0.4 is 14.7 Å². The van der Waals surface area contributed by atoms with Crippen LogP contribution in [-0.4, -0.2) is 0 Å². The summed E-state index contributed by atoms with van der Waals surface area (Å²) in [6.45, 7) is 0. The minimum atomic E-state index is 0.887. The van der Waals surface area contributed by atoms with Crippen LogP contribution in [0.2, 0.25) is 0 Å². The van der Waals surface area contributed by atoms with Gasteiger partial charge in [-0.2, -0.15) is 0 Å². The fourth-order valence-corrected chi connectivity index (χ4v) is 11.3. The van der Waals surface area contributed by atoms with Crippen molar-refractivity contribution in [3.05, 3.63) is 309 Å². The summed E-state index contributed by atoms with van der Waals surface area (Å²) in [4.78, 5) is 7.14. The summed E-state index contributed by atoms with van der Waals surface area (Å²) in [5.74, 6) is 0. The molecule has 0 saturated carbocycles. The van der Waals surface area contributed by atoms with Crippen LogP contribution >= 0.6 is 0 Å². The molecule has 1 heterocycles. The van der Waals surface area contributed by atoms with Crippen LogP contribution in [-0.2, 0) is 0 Å². The highest BCUT2D eigenvalue weighted by atomic mass is 16.3. The van der Waals surface area contributed by atoms with E-state index < -0.39 is 0 Å². The minimum absolute atomic E-state index is 0.887. The zero-order valence-corrected chi connectivity index (χ0v) is 42.7. The fourth-order valence-electron chi connectivity index (χ4n) is 11.3. The minimum Gasteiger partial charge on any atom is -0.455 e. The number of anilines is 9. The fraction of sp³-hybridized carbons (Fsp3) is 0. The van der Waals surface area contributed by atoms with E-state index in [0.717, 1.165) is 95.4 Å². The third-order valence-corrected chi connectivity index (χ3v) is 15.0. The molecule has 368 valence electrons. The lowest BCUT2D eigenvalue weighted by Crippen LogP contribution is -2.16. The molecule has 0 N–H and O–H groups in total. The number of hydrogen-bond donors (Lipinski definition) is 0. The second-order valence-corrected chi connectivity index (χ2v) is 19.7. The molecule has 0 aliphatic rings. The van der Waals surface area contributed by atoms with Crippen LogP contribution in [0.1, 0.15) is 0 Å². The van der Waals surface area contributed by atoms with Crippen LogP contribution in [0.4, 0.5) is 51.2 Å². The summed E-state index contributed by atoms with van der Waals surface area (Å²) in [6, 6.07) is 111. The molecule has 0 saturated heterocycles. The maximum absolute atomic E-state index is 6.54. The highest BCUT2D eigenvalue weighted by Crippen LogP contribution is 2.47. The molecule has 13 aromatic carbocycles. The third kappa shape index (κ3) is 8.58. The smallest absolute Gasteiger partial charge is 0.143 e. The summed E-state index contributed by atoms with van der Waals surface area (Å²) >= 11 is 0. The first-order chi connectivity index (χ1) is 38.7. The van der Waals surface area contributed by atoms with E-state index in [1.807, 2.05) is 12.1 Å². The van der Waals surface area contributed by atoms with Crippen molar-refractivity contribution in [2.24, 2.45) is 0 Å². The lowest BCUT2D eigenvalue weighted by molar-refractivity contribution is 0.670. The van der Waals surface area contributed by atoms with Gasteiger partial charge >= 0.3 is 0 Å². The van der Waals surface area contributed by atoms with Crippen molar-refractivity contribution in [1.82, 2.24) is 0 Å². The van der Waals surface area contributed by atoms with Crippen LogP contribution in [0, 0.1) is 0 Å². The molecule has 0 bridgehead atoms. The molecule has 4 nitrogen and oxygen atoms in total. The topological polar surface area (TPSA) is 22.9 Å². The van der Waals surface area contributed by atoms with Gasteiger partial charge in [0.25, 0.3) is 0 Å². The van der Waals surface area contributed by atoms with Crippen molar-refractivity contribution in [1.29, 1.82) is 0 Å². The van der Waals surface area contributed by atoms with Gasteiger partial charge in [-0.05, 0) is 146 Å². The second kappa shape index (κ2) is 20.0. The molecule has 0 atom stereocenters. The Morgan fingerprint density at radius 3 is 0.949 bits per heavy atom. The number of benzene rings is 13. The van der Waals surface area contributed by atoms with Gasteiger partial charge in [0, 0.05) is 50.5 Å². The van der Waals surface area contributed by atoms with Crippen molar-refractivity contribution < 1.29 is 4.42 Å². The Morgan fingerprint density at radius 2 is 0.513 bits per heavy atom. The first-order valence-electron chi connectivity index (χ1n) is 26.6. The number of nitrogens with zero attached hydrogens (tertiary/aromatic N) is 3. The van der Waals surface area contributed by atoms with E-state index in [1.54, 1.807) is 0 Å². The normalized spacial score (nSPS) is 11.3. The number of rotatable bonds is 12. The van der Waals surface area contributed by atoms with Gasteiger partial charge < -0.3 is 19.1 Å². The summed E-state index contributed by atoms with van der Waals surface area (Å²) < 4.78 is 6.54. The number of fused-ring (bicyclic) bond motifs is 5. The van der Waals surface area contributed by atoms with Crippen molar-refractivity contribution in [3.63, 3.8) is 0 Å². The number of para-hydroxylation sites is 5. The molecule has 0 spiro atoms. The molecule has 4 heteroatoms. The summed E-state index contributed by atoms with van der Waals surface area (Å²) in [6.07, 6.45) is 0. The van der Waals surface area contributed by atoms with Gasteiger partial charge in [-0.15, -0.1) is 0 Å². The highest BCUT2D eigenvalue weighted by Gasteiger charge is 2.23. The lowest BCUT2D eigenvalue weighted by Gasteiger charge is -2.33. The standard InChI is InChI=1S/C74H51N3O/c1-4-23-57(24-5-1)75(60-43-37-54(38-44-60)68-32-16-21-52-19-10-12-29-66(52)68)63-49-64(76(58-25-6-2-7-26-58)61-45-39-55(40-46-61)69-33-17-22-53-20-11-13-30-67(53)69)51-65(50-63)77(59-27-8-3-9-28-59)62-47-41-56(42-48-62)70-34-18-35-72-71-31-14-15-36-73(71)78-74(70)72/h1-51H. The van der Waals surface area contributed by atoms with Crippen LogP contribution in [0.3, 0.4) is 0 Å². The quantitative estimate of drug-likeness (QED) is 0.122. The predicted molar refractivity (Wildman–Crippen MR) is 329 cm³/mol. The monoisotopic (exact) mass is 997 g/mol. The zero-order valence-electron chi connectivity index (χ0n) is 42.7. The molecular formula is C74H51N3O. The SMILES string of the molecule is c1ccc(N(c2ccc(-c3cccc4ccccc34)cc2)c2cc(N(c3ccccc3)c3ccc(-c4cccc5ccccc45)cc3)cc(N(c3ccccc3)c3ccc(-c4cccc5c4oc4ccccc45)cc3)c2)cc1. The van der Waals surface area contributed by atoms with E-state index in [1.165, 1.54) is 32.7 Å². The largest absolute Gasteiger partial charge is 0.455 e. The Kier molecular flexibility index (Phi) is 11.8. The van der Waals surface area contributed by atoms with Gasteiger partial charge in [-0.25, -0.2) is 0 Å². The first kappa shape index (κ1) is 46.1. The van der Waals surface area contributed by atoms with Crippen molar-refractivity contribution >= 4 is 94.7 Å². The maximum atomic E-state index is 6.54. The van der Waals surface area contributed by atoms with E-state index in [4.69, 9.17) is 4.42 Å². The zero-order chi connectivity index (χ0) is 51.8. The summed E-state index contributed by atoms with van der Waals surface area (Å²) in [5.41, 5.74) is 17.8. The number of hydrogen-bond acceptors (Lipinski definition) is 4. The van der Waals surface area contributed by atoms with Gasteiger partial charge in [0.05, 0.1) is 17.1 Å². The van der Waals surface area contributed by atoms with E-state index in [2.05, 4.69) is 312 Å². The average molecular weight is 998 g/mol. The molecule has 0 aliphatic heterocycles. The molecule has 1 aromatic heterocycles. The van der Waals surface area contributed by atoms with Gasteiger partial charge in [0.2, 0.25) is 0 Å². The van der Waals surface area contributed by atoms with E-state index in [0.29, 0.717) is 0 Å². The number of furan rings is 1. The Morgan fingerprint density at radius 1 is 0.205 bits per heavy atom. The Bertz CT molecular complexity index is 4230. The average Bonchev–Trinajstić information content (AvgIpc) is 3.94. The second-order valence-electron chi connectivity index (χ2n) is 19.7. The van der Waals surface area contributed by atoms with E-state index in [-0.39, 0.29) is 0 Å². The summed E-state index contributed by atoms with van der Waals surface area (Å²) in [5, 5.41) is 7.14. The molecule has 0 fully saturated rings. The van der Waals surface area contributed by atoms with E-state index in [9.17, 15) is 0 Å². The molecule has 0 amide bonds. The maximum Gasteiger partial charge on any atom is 0.143 e. The van der Waals surface area contributed by atoms with Crippen molar-refractivity contribution in [2.75, 3.05) is 14.7 Å². The predicted octanol–water partition coefficient (Wildman–Crippen LogP) is 21.3. The van der Waals surface area contributed by atoms with Crippen molar-refractivity contribution in [3.8, 4) is 33.4 Å². The molecule has 14 rings (SSSR count). The summed E-state index contributed by atoms with van der Waals surface area (Å²) in [7, 11) is 0. The Hall–Kier alpha value is -10.4. The van der Waals surface area contributed by atoms with Crippen LogP contribution in [0.15, 0.2) is 314 Å². The molecule has 14 aromatic rings. The van der Waals surface area contributed by atoms with E-state index >= 15 is 0 Å². The van der Waals surface area contributed by atoms with Crippen LogP contribution in [0.25, 0.3) is 76.9 Å². The molecule has 0 aliphatic carbocycles. The molecule has 0 unspecified atom stereocenters. The lowest BCUT2D eigenvalue weighted by atomic mass is 9.98. The van der Waals surface area contributed by atoms with Gasteiger partial charge in [-0.1, -0.05) is 212 Å².